The van der Waals surface area contributed by atoms with Crippen LogP contribution in [0.25, 0.3) is 0 Å². The number of nitrogens with two attached hydrogens (primary N) is 1. The van der Waals surface area contributed by atoms with Gasteiger partial charge in [-0.1, -0.05) is 13.0 Å². The molecule has 19 heavy (non-hydrogen) atoms. The molecule has 0 radical (unpaired) electrons. The topological polar surface area (TPSA) is 47.7 Å². The number of ether oxygens (including phenoxy) is 2. The minimum atomic E-state index is -0.350. The van der Waals surface area contributed by atoms with Gasteiger partial charge >= 0.3 is 0 Å². The number of nitrogens with zero attached hydrogens (tertiary/aromatic N) is 1. The standard InChI is InChI=1S/C14H21FN2O2/c1-3-17-6-7-19-13(9-16)14(17)10-4-5-12(18-2)11(15)8-10/h4-5,8,13-14H,3,6-7,9,16H2,1-2H3. The molecule has 1 heterocycles. The van der Waals surface area contributed by atoms with Gasteiger partial charge in [-0.15, -0.1) is 0 Å². The number of rotatable bonds is 4. The van der Waals surface area contributed by atoms with Crippen molar-refractivity contribution in [2.45, 2.75) is 19.1 Å². The lowest BCUT2D eigenvalue weighted by Crippen LogP contribution is -2.48. The second-order valence-electron chi connectivity index (χ2n) is 4.61. The predicted octanol–water partition coefficient (Wildman–Crippen LogP) is 1.55. The zero-order valence-corrected chi connectivity index (χ0v) is 11.4. The first-order chi connectivity index (χ1) is 9.21. The average molecular weight is 268 g/mol. The minimum Gasteiger partial charge on any atom is -0.494 e. The molecule has 0 spiro atoms. The third-order valence-corrected chi connectivity index (χ3v) is 3.61. The monoisotopic (exact) mass is 268 g/mol. The molecular formula is C14H21FN2O2. The van der Waals surface area contributed by atoms with Crippen molar-refractivity contribution in [3.05, 3.63) is 29.6 Å². The lowest BCUT2D eigenvalue weighted by atomic mass is 9.97. The SMILES string of the molecule is CCN1CCOC(CN)C1c1ccc(OC)c(F)c1. The predicted molar refractivity (Wildman–Crippen MR) is 71.7 cm³/mol. The molecule has 0 aromatic heterocycles. The molecule has 4 nitrogen and oxygen atoms in total. The summed E-state index contributed by atoms with van der Waals surface area (Å²) in [6.07, 6.45) is -0.0958. The molecule has 1 aromatic rings. The second-order valence-corrected chi connectivity index (χ2v) is 4.61. The molecule has 5 heteroatoms. The summed E-state index contributed by atoms with van der Waals surface area (Å²) in [6.45, 7) is 4.91. The fourth-order valence-corrected chi connectivity index (χ4v) is 2.63. The molecule has 0 amide bonds. The molecule has 2 unspecified atom stereocenters. The number of likely N-dealkylation sites (N-methyl/N-ethyl adjacent to an activating group) is 1. The number of methoxy groups -OCH3 is 1. The first-order valence-corrected chi connectivity index (χ1v) is 6.60. The van der Waals surface area contributed by atoms with Crippen molar-refractivity contribution in [2.75, 3.05) is 33.4 Å². The van der Waals surface area contributed by atoms with Crippen LogP contribution in [-0.2, 0) is 4.74 Å². The van der Waals surface area contributed by atoms with Crippen LogP contribution in [-0.4, -0.2) is 44.4 Å². The summed E-state index contributed by atoms with van der Waals surface area (Å²) in [5, 5.41) is 0. The number of hydrogen-bond donors (Lipinski definition) is 1. The van der Waals surface area contributed by atoms with Crippen LogP contribution in [0.5, 0.6) is 5.75 Å². The van der Waals surface area contributed by atoms with Gasteiger partial charge in [0, 0.05) is 13.1 Å². The Kier molecular flexibility index (Phi) is 4.74. The number of hydrogen-bond acceptors (Lipinski definition) is 4. The van der Waals surface area contributed by atoms with E-state index in [1.165, 1.54) is 13.2 Å². The van der Waals surface area contributed by atoms with Crippen LogP contribution >= 0.6 is 0 Å². The van der Waals surface area contributed by atoms with E-state index in [4.69, 9.17) is 15.2 Å². The third kappa shape index (κ3) is 2.88. The molecule has 0 aliphatic carbocycles. The van der Waals surface area contributed by atoms with E-state index in [1.807, 2.05) is 6.07 Å². The molecule has 0 saturated carbocycles. The van der Waals surface area contributed by atoms with E-state index in [2.05, 4.69) is 11.8 Å². The third-order valence-electron chi connectivity index (χ3n) is 3.61. The Morgan fingerprint density at radius 2 is 2.32 bits per heavy atom. The normalized spacial score (nSPS) is 24.4. The van der Waals surface area contributed by atoms with Gasteiger partial charge in [0.1, 0.15) is 0 Å². The molecule has 1 fully saturated rings. The Morgan fingerprint density at radius 3 is 2.89 bits per heavy atom. The van der Waals surface area contributed by atoms with E-state index in [1.54, 1.807) is 6.07 Å². The number of morpholine rings is 1. The fourth-order valence-electron chi connectivity index (χ4n) is 2.63. The number of benzene rings is 1. The molecular weight excluding hydrogens is 247 g/mol. The summed E-state index contributed by atoms with van der Waals surface area (Å²) in [7, 11) is 1.46. The lowest BCUT2D eigenvalue weighted by molar-refractivity contribution is -0.0659. The highest BCUT2D eigenvalue weighted by Gasteiger charge is 2.32. The van der Waals surface area contributed by atoms with Crippen LogP contribution in [0, 0.1) is 5.82 Å². The summed E-state index contributed by atoms with van der Waals surface area (Å²) in [4.78, 5) is 2.27. The lowest BCUT2D eigenvalue weighted by Gasteiger charge is -2.40. The van der Waals surface area contributed by atoms with E-state index in [0.717, 1.165) is 18.7 Å². The van der Waals surface area contributed by atoms with Gasteiger partial charge < -0.3 is 15.2 Å². The molecule has 0 bridgehead atoms. The maximum atomic E-state index is 13.9. The van der Waals surface area contributed by atoms with E-state index < -0.39 is 0 Å². The molecule has 1 aliphatic heterocycles. The second kappa shape index (κ2) is 6.32. The molecule has 1 aliphatic rings. The summed E-state index contributed by atoms with van der Waals surface area (Å²) in [5.41, 5.74) is 6.66. The van der Waals surface area contributed by atoms with Crippen molar-refractivity contribution < 1.29 is 13.9 Å². The smallest absolute Gasteiger partial charge is 0.165 e. The molecule has 1 aromatic carbocycles. The summed E-state index contributed by atoms with van der Waals surface area (Å²) < 4.78 is 24.5. The zero-order chi connectivity index (χ0) is 13.8. The first-order valence-electron chi connectivity index (χ1n) is 6.60. The molecule has 2 N–H and O–H groups in total. The largest absolute Gasteiger partial charge is 0.494 e. The first kappa shape index (κ1) is 14.2. The molecule has 2 rings (SSSR count). The Hall–Kier alpha value is -1.17. The van der Waals surface area contributed by atoms with Crippen LogP contribution in [0.15, 0.2) is 18.2 Å². The van der Waals surface area contributed by atoms with Gasteiger partial charge in [-0.25, -0.2) is 4.39 Å². The van der Waals surface area contributed by atoms with Crippen LogP contribution in [0.4, 0.5) is 4.39 Å². The maximum Gasteiger partial charge on any atom is 0.165 e. The van der Waals surface area contributed by atoms with Crippen LogP contribution in [0.2, 0.25) is 0 Å². The van der Waals surface area contributed by atoms with Gasteiger partial charge in [0.2, 0.25) is 0 Å². The highest BCUT2D eigenvalue weighted by Crippen LogP contribution is 2.31. The summed E-state index contributed by atoms with van der Waals surface area (Å²) >= 11 is 0. The average Bonchev–Trinajstić information content (AvgIpc) is 2.46. The fraction of sp³-hybridized carbons (Fsp3) is 0.571. The van der Waals surface area contributed by atoms with Crippen molar-refractivity contribution in [3.63, 3.8) is 0 Å². The molecule has 1 saturated heterocycles. The zero-order valence-electron chi connectivity index (χ0n) is 11.4. The Labute approximate surface area is 113 Å². The molecule has 2 atom stereocenters. The maximum absolute atomic E-state index is 13.9. The minimum absolute atomic E-state index is 0.00385. The summed E-state index contributed by atoms with van der Waals surface area (Å²) in [6, 6.07) is 5.06. The van der Waals surface area contributed by atoms with E-state index >= 15 is 0 Å². The van der Waals surface area contributed by atoms with Gasteiger partial charge in [0.05, 0.1) is 25.9 Å². The van der Waals surface area contributed by atoms with Crippen molar-refractivity contribution in [2.24, 2.45) is 5.73 Å². The molecule has 106 valence electrons. The highest BCUT2D eigenvalue weighted by molar-refractivity contribution is 5.32. The van der Waals surface area contributed by atoms with Crippen LogP contribution in [0.1, 0.15) is 18.5 Å². The van der Waals surface area contributed by atoms with E-state index in [0.29, 0.717) is 13.2 Å². The van der Waals surface area contributed by atoms with Gasteiger partial charge in [0.15, 0.2) is 11.6 Å². The van der Waals surface area contributed by atoms with Gasteiger partial charge in [-0.2, -0.15) is 0 Å². The number of halogens is 1. The van der Waals surface area contributed by atoms with Gasteiger partial charge in [-0.3, -0.25) is 4.90 Å². The highest BCUT2D eigenvalue weighted by atomic mass is 19.1. The Balaban J connectivity index is 2.32. The van der Waals surface area contributed by atoms with Gasteiger partial charge in [-0.05, 0) is 24.2 Å². The Morgan fingerprint density at radius 1 is 1.53 bits per heavy atom. The van der Waals surface area contributed by atoms with E-state index in [-0.39, 0.29) is 23.7 Å². The summed E-state index contributed by atoms with van der Waals surface area (Å²) in [5.74, 6) is -0.0924. The van der Waals surface area contributed by atoms with Crippen molar-refractivity contribution in [3.8, 4) is 5.75 Å². The van der Waals surface area contributed by atoms with Crippen molar-refractivity contribution >= 4 is 0 Å². The Bertz CT molecular complexity index is 416. The van der Waals surface area contributed by atoms with Crippen molar-refractivity contribution in [1.82, 2.24) is 4.90 Å². The van der Waals surface area contributed by atoms with Crippen LogP contribution < -0.4 is 10.5 Å². The van der Waals surface area contributed by atoms with E-state index in [9.17, 15) is 4.39 Å². The van der Waals surface area contributed by atoms with Gasteiger partial charge in [0.25, 0.3) is 0 Å². The van der Waals surface area contributed by atoms with Crippen LogP contribution in [0.3, 0.4) is 0 Å². The quantitative estimate of drug-likeness (QED) is 0.900. The van der Waals surface area contributed by atoms with Crippen molar-refractivity contribution in [1.29, 1.82) is 0 Å².